The minimum Gasteiger partial charge on any atom is -0.492 e. The zero-order chi connectivity index (χ0) is 26.7. The molecule has 0 aliphatic heterocycles. The van der Waals surface area contributed by atoms with E-state index < -0.39 is 6.09 Å². The van der Waals surface area contributed by atoms with Crippen molar-refractivity contribution in [2.24, 2.45) is 0 Å². The van der Waals surface area contributed by atoms with Crippen molar-refractivity contribution in [3.63, 3.8) is 0 Å². The molecular weight excluding hydrogens is 498 g/mol. The van der Waals surface area contributed by atoms with Crippen LogP contribution in [0.5, 0.6) is 11.5 Å². The lowest BCUT2D eigenvalue weighted by Gasteiger charge is -2.18. The summed E-state index contributed by atoms with van der Waals surface area (Å²) in [5.41, 5.74) is 6.35. The molecule has 0 aromatic heterocycles. The van der Waals surface area contributed by atoms with Crippen molar-refractivity contribution in [2.45, 2.75) is 20.0 Å². The number of halogens is 1. The van der Waals surface area contributed by atoms with Gasteiger partial charge in [0, 0.05) is 5.56 Å². The van der Waals surface area contributed by atoms with E-state index in [9.17, 15) is 4.79 Å². The number of ether oxygens (including phenoxy) is 2. The van der Waals surface area contributed by atoms with Crippen LogP contribution < -0.4 is 14.8 Å². The van der Waals surface area contributed by atoms with Crippen LogP contribution in [0.1, 0.15) is 35.6 Å². The number of rotatable bonds is 11. The molecule has 6 heteroatoms. The van der Waals surface area contributed by atoms with Crippen molar-refractivity contribution in [2.75, 3.05) is 13.2 Å². The SMILES string of the molecule is CC/C(=C(/c1ccc(OCCNC(=O)O)cc1)c1ccc(OCc2ccccc2)cc1Cl)c1ccccc1. The van der Waals surface area contributed by atoms with Crippen LogP contribution in [-0.4, -0.2) is 24.4 Å². The molecule has 5 nitrogen and oxygen atoms in total. The highest BCUT2D eigenvalue weighted by Crippen LogP contribution is 2.39. The Balaban J connectivity index is 1.65. The summed E-state index contributed by atoms with van der Waals surface area (Å²) in [5.74, 6) is 1.37. The van der Waals surface area contributed by atoms with E-state index in [0.29, 0.717) is 23.1 Å². The van der Waals surface area contributed by atoms with Gasteiger partial charge >= 0.3 is 6.09 Å². The van der Waals surface area contributed by atoms with Crippen molar-refractivity contribution in [1.29, 1.82) is 0 Å². The minimum atomic E-state index is -1.07. The topological polar surface area (TPSA) is 67.8 Å². The lowest BCUT2D eigenvalue weighted by molar-refractivity contribution is 0.191. The second kappa shape index (κ2) is 13.4. The van der Waals surface area contributed by atoms with Gasteiger partial charge in [0.1, 0.15) is 24.7 Å². The number of hydrogen-bond acceptors (Lipinski definition) is 3. The quantitative estimate of drug-likeness (QED) is 0.153. The molecule has 38 heavy (non-hydrogen) atoms. The third-order valence-electron chi connectivity index (χ3n) is 6.03. The van der Waals surface area contributed by atoms with Crippen LogP contribution in [-0.2, 0) is 6.61 Å². The lowest BCUT2D eigenvalue weighted by Crippen LogP contribution is -2.26. The Morgan fingerprint density at radius 1 is 0.816 bits per heavy atom. The normalized spacial score (nSPS) is 11.4. The molecule has 0 spiro atoms. The smallest absolute Gasteiger partial charge is 0.404 e. The Morgan fingerprint density at radius 3 is 2.11 bits per heavy atom. The molecule has 0 saturated carbocycles. The maximum Gasteiger partial charge on any atom is 0.404 e. The molecule has 0 unspecified atom stereocenters. The molecule has 0 aliphatic carbocycles. The number of benzene rings is 4. The zero-order valence-corrected chi connectivity index (χ0v) is 21.9. The van der Waals surface area contributed by atoms with Crippen LogP contribution in [0.4, 0.5) is 4.79 Å². The van der Waals surface area contributed by atoms with Crippen molar-refractivity contribution >= 4 is 28.8 Å². The summed E-state index contributed by atoms with van der Waals surface area (Å²) < 4.78 is 11.7. The van der Waals surface area contributed by atoms with Crippen LogP contribution in [0, 0.1) is 0 Å². The predicted molar refractivity (Wildman–Crippen MR) is 153 cm³/mol. The number of carbonyl (C=O) groups is 1. The Morgan fingerprint density at radius 2 is 1.47 bits per heavy atom. The van der Waals surface area contributed by atoms with Gasteiger partial charge in [0.2, 0.25) is 0 Å². The van der Waals surface area contributed by atoms with Gasteiger partial charge in [-0.15, -0.1) is 0 Å². The van der Waals surface area contributed by atoms with Gasteiger partial charge in [0.15, 0.2) is 0 Å². The molecule has 194 valence electrons. The van der Waals surface area contributed by atoms with Gasteiger partial charge in [0.25, 0.3) is 0 Å². The molecular formula is C32H30ClNO4. The van der Waals surface area contributed by atoms with Crippen LogP contribution in [0.2, 0.25) is 5.02 Å². The summed E-state index contributed by atoms with van der Waals surface area (Å²) in [5, 5.41) is 11.6. The van der Waals surface area contributed by atoms with Gasteiger partial charge in [-0.25, -0.2) is 4.79 Å². The van der Waals surface area contributed by atoms with E-state index >= 15 is 0 Å². The van der Waals surface area contributed by atoms with E-state index in [1.54, 1.807) is 0 Å². The van der Waals surface area contributed by atoms with Crippen molar-refractivity contribution in [1.82, 2.24) is 5.32 Å². The average molecular weight is 528 g/mol. The first kappa shape index (κ1) is 26.8. The van der Waals surface area contributed by atoms with Gasteiger partial charge in [-0.2, -0.15) is 0 Å². The lowest BCUT2D eigenvalue weighted by atomic mass is 9.88. The third-order valence-corrected chi connectivity index (χ3v) is 6.34. The minimum absolute atomic E-state index is 0.213. The highest BCUT2D eigenvalue weighted by atomic mass is 35.5. The summed E-state index contributed by atoms with van der Waals surface area (Å²) in [6.45, 7) is 3.06. The van der Waals surface area contributed by atoms with Gasteiger partial charge < -0.3 is 19.9 Å². The highest BCUT2D eigenvalue weighted by molar-refractivity contribution is 6.33. The predicted octanol–water partition coefficient (Wildman–Crippen LogP) is 7.93. The van der Waals surface area contributed by atoms with Gasteiger partial charge in [-0.05, 0) is 64.6 Å². The number of carboxylic acid groups (broad SMARTS) is 1. The second-order valence-corrected chi connectivity index (χ2v) is 9.00. The fraction of sp³-hybridized carbons (Fsp3) is 0.156. The molecule has 1 amide bonds. The maximum absolute atomic E-state index is 10.6. The van der Waals surface area contributed by atoms with Crippen molar-refractivity contribution in [3.8, 4) is 11.5 Å². The molecule has 4 aromatic carbocycles. The molecule has 0 saturated heterocycles. The first-order chi connectivity index (χ1) is 18.5. The maximum atomic E-state index is 10.6. The van der Waals surface area contributed by atoms with Gasteiger partial charge in [-0.3, -0.25) is 0 Å². The van der Waals surface area contributed by atoms with E-state index in [1.807, 2.05) is 91.0 Å². The Kier molecular flexibility index (Phi) is 9.43. The Bertz CT molecular complexity index is 1370. The van der Waals surface area contributed by atoms with Crippen LogP contribution in [0.15, 0.2) is 103 Å². The van der Waals surface area contributed by atoms with E-state index in [1.165, 1.54) is 5.57 Å². The van der Waals surface area contributed by atoms with E-state index in [2.05, 4.69) is 24.4 Å². The molecule has 0 bridgehead atoms. The number of amides is 1. The molecule has 0 atom stereocenters. The van der Waals surface area contributed by atoms with E-state index in [-0.39, 0.29) is 13.2 Å². The molecule has 4 aromatic rings. The zero-order valence-electron chi connectivity index (χ0n) is 21.2. The molecule has 0 heterocycles. The number of nitrogens with one attached hydrogen (secondary N) is 1. The number of hydrogen-bond donors (Lipinski definition) is 2. The molecule has 4 rings (SSSR count). The molecule has 0 aliphatic rings. The number of allylic oxidation sites excluding steroid dienone is 1. The van der Waals surface area contributed by atoms with Gasteiger partial charge in [0.05, 0.1) is 11.6 Å². The summed E-state index contributed by atoms with van der Waals surface area (Å²) >= 11 is 6.89. The summed E-state index contributed by atoms with van der Waals surface area (Å²) in [4.78, 5) is 10.6. The summed E-state index contributed by atoms with van der Waals surface area (Å²) in [6, 6.07) is 33.9. The fourth-order valence-corrected chi connectivity index (χ4v) is 4.50. The fourth-order valence-electron chi connectivity index (χ4n) is 4.23. The van der Waals surface area contributed by atoms with Crippen molar-refractivity contribution < 1.29 is 19.4 Å². The van der Waals surface area contributed by atoms with Gasteiger partial charge in [-0.1, -0.05) is 91.3 Å². The van der Waals surface area contributed by atoms with Crippen LogP contribution in [0.3, 0.4) is 0 Å². The van der Waals surface area contributed by atoms with Crippen LogP contribution >= 0.6 is 11.6 Å². The highest BCUT2D eigenvalue weighted by Gasteiger charge is 2.17. The average Bonchev–Trinajstić information content (AvgIpc) is 2.95. The van der Waals surface area contributed by atoms with Crippen molar-refractivity contribution in [3.05, 3.63) is 130 Å². The molecule has 0 fully saturated rings. The first-order valence-corrected chi connectivity index (χ1v) is 12.9. The Labute approximate surface area is 228 Å². The van der Waals surface area contributed by atoms with E-state index in [0.717, 1.165) is 34.2 Å². The van der Waals surface area contributed by atoms with Crippen LogP contribution in [0.25, 0.3) is 11.1 Å². The first-order valence-electron chi connectivity index (χ1n) is 12.5. The third kappa shape index (κ3) is 7.17. The van der Waals surface area contributed by atoms with E-state index in [4.69, 9.17) is 26.2 Å². The second-order valence-electron chi connectivity index (χ2n) is 8.59. The Hall–Kier alpha value is -4.22. The summed E-state index contributed by atoms with van der Waals surface area (Å²) in [7, 11) is 0. The molecule has 0 radical (unpaired) electrons. The monoisotopic (exact) mass is 527 g/mol. The molecule has 2 N–H and O–H groups in total. The summed E-state index contributed by atoms with van der Waals surface area (Å²) in [6.07, 6.45) is -0.263. The standard InChI is InChI=1S/C32H30ClNO4/c1-2-28(24-11-7-4-8-12-24)31(25-13-15-26(16-14-25)37-20-19-34-32(35)36)29-18-17-27(21-30(29)33)38-22-23-9-5-3-6-10-23/h3-18,21,34H,2,19-20,22H2,1H3,(H,35,36)/b31-28+. The largest absolute Gasteiger partial charge is 0.492 e.